The van der Waals surface area contributed by atoms with Crippen molar-refractivity contribution in [3.63, 3.8) is 0 Å². The first-order chi connectivity index (χ1) is 18.1. The fraction of sp³-hybridized carbons (Fsp3) is 0.500. The van der Waals surface area contributed by atoms with Gasteiger partial charge in [-0.25, -0.2) is 4.39 Å². The van der Waals surface area contributed by atoms with E-state index in [9.17, 15) is 9.18 Å². The Kier molecular flexibility index (Phi) is 6.57. The molecular weight excluding hydrogens is 469 g/mol. The molecule has 3 saturated heterocycles. The van der Waals surface area contributed by atoms with E-state index >= 15 is 0 Å². The molecule has 4 fully saturated rings. The molecule has 1 aromatic heterocycles. The number of piperidine rings is 3. The van der Waals surface area contributed by atoms with E-state index in [4.69, 9.17) is 9.26 Å². The maximum absolute atomic E-state index is 14.0. The van der Waals surface area contributed by atoms with Crippen LogP contribution in [0.25, 0.3) is 11.4 Å². The van der Waals surface area contributed by atoms with Gasteiger partial charge in [-0.15, -0.1) is 0 Å². The monoisotopic (exact) mass is 504 g/mol. The highest BCUT2D eigenvalue weighted by Crippen LogP contribution is 2.42. The third kappa shape index (κ3) is 4.81. The number of carbonyl (C=O) groups excluding carboxylic acids is 1. The normalized spacial score (nSPS) is 26.9. The minimum absolute atomic E-state index is 0.0334. The summed E-state index contributed by atoms with van der Waals surface area (Å²) in [6, 6.07) is 16.4. The molecule has 0 radical (unpaired) electrons. The predicted molar refractivity (Wildman–Crippen MR) is 137 cm³/mol. The van der Waals surface area contributed by atoms with Gasteiger partial charge in [0.15, 0.2) is 12.6 Å². The average molecular weight is 505 g/mol. The molecule has 7 heteroatoms. The number of benzene rings is 2. The first kappa shape index (κ1) is 24.3. The second-order valence-electron chi connectivity index (χ2n) is 11.3. The van der Waals surface area contributed by atoms with Gasteiger partial charge in [-0.05, 0) is 42.7 Å². The second-order valence-corrected chi connectivity index (χ2v) is 11.3. The lowest BCUT2D eigenvalue weighted by Gasteiger charge is -2.51. The van der Waals surface area contributed by atoms with E-state index in [1.807, 2.05) is 18.2 Å². The van der Waals surface area contributed by atoms with Crippen molar-refractivity contribution in [2.24, 2.45) is 5.92 Å². The van der Waals surface area contributed by atoms with Crippen molar-refractivity contribution in [3.8, 4) is 11.4 Å². The number of fused-ring (bicyclic) bond motifs is 3. The Morgan fingerprint density at radius 3 is 2.41 bits per heavy atom. The topological polar surface area (TPSA) is 65.2 Å². The van der Waals surface area contributed by atoms with Crippen molar-refractivity contribution in [1.29, 1.82) is 0 Å². The zero-order valence-corrected chi connectivity index (χ0v) is 21.3. The molecular formula is C30H35FN3O3+. The molecule has 3 aromatic rings. The average Bonchev–Trinajstić information content (AvgIpc) is 3.23. The molecule has 4 aliphatic rings. The van der Waals surface area contributed by atoms with Crippen molar-refractivity contribution in [2.45, 2.75) is 69.4 Å². The minimum atomic E-state index is -0.537. The van der Waals surface area contributed by atoms with Gasteiger partial charge in [-0.3, -0.25) is 4.79 Å². The summed E-state index contributed by atoms with van der Waals surface area (Å²) in [7, 11) is 0. The zero-order chi connectivity index (χ0) is 25.3. The van der Waals surface area contributed by atoms with Gasteiger partial charge in [0.1, 0.15) is 12.4 Å². The van der Waals surface area contributed by atoms with Crippen LogP contribution < -0.4 is 0 Å². The highest BCUT2D eigenvalue weighted by molar-refractivity contribution is 5.83. The van der Waals surface area contributed by atoms with E-state index in [0.717, 1.165) is 73.8 Å². The van der Waals surface area contributed by atoms with Crippen LogP contribution in [0.15, 0.2) is 59.1 Å². The van der Waals surface area contributed by atoms with Crippen LogP contribution in [-0.4, -0.2) is 46.3 Å². The Labute approximate surface area is 217 Å². The van der Waals surface area contributed by atoms with E-state index in [0.29, 0.717) is 24.2 Å². The van der Waals surface area contributed by atoms with Crippen LogP contribution in [-0.2, 0) is 21.5 Å². The number of ether oxygens (including phenoxy) is 1. The summed E-state index contributed by atoms with van der Waals surface area (Å²) >= 11 is 0. The smallest absolute Gasteiger partial charge is 0.317 e. The Balaban J connectivity index is 1.19. The molecule has 2 aromatic carbocycles. The zero-order valence-electron chi connectivity index (χ0n) is 21.3. The van der Waals surface area contributed by atoms with E-state index in [1.165, 1.54) is 25.0 Å². The van der Waals surface area contributed by atoms with Crippen molar-refractivity contribution < 1.29 is 22.9 Å². The molecule has 1 aliphatic carbocycles. The molecule has 7 rings (SSSR count). The number of halogens is 1. The standard InChI is InChI=1S/C30H35FN3O3/c31-25-12-10-23(11-13-25)28-32-27(37-33-28)21-34-18-14-22(15-19-34)26(20-34)36-29(35)30(16-6-1-2-7-17-30)24-8-4-3-5-9-24/h3-5,8-13,22,26H,1-2,6-7,14-21H2/q+1. The fourth-order valence-electron chi connectivity index (χ4n) is 6.85. The van der Waals surface area contributed by atoms with E-state index < -0.39 is 5.41 Å². The summed E-state index contributed by atoms with van der Waals surface area (Å²) in [5, 5.41) is 4.14. The maximum atomic E-state index is 14.0. The third-order valence-corrected chi connectivity index (χ3v) is 9.02. The summed E-state index contributed by atoms with van der Waals surface area (Å²) in [6.45, 7) is 3.46. The van der Waals surface area contributed by atoms with E-state index in [2.05, 4.69) is 22.3 Å². The second kappa shape index (κ2) is 10.0. The van der Waals surface area contributed by atoms with Crippen molar-refractivity contribution in [1.82, 2.24) is 10.1 Å². The number of carbonyl (C=O) groups is 1. The Bertz CT molecular complexity index is 1210. The van der Waals surface area contributed by atoms with Gasteiger partial charge in [0.2, 0.25) is 5.82 Å². The molecule has 3 aliphatic heterocycles. The van der Waals surface area contributed by atoms with Crippen LogP contribution >= 0.6 is 0 Å². The summed E-state index contributed by atoms with van der Waals surface area (Å²) in [6.07, 6.45) is 8.19. The third-order valence-electron chi connectivity index (χ3n) is 9.02. The lowest BCUT2D eigenvalue weighted by Crippen LogP contribution is -2.64. The molecule has 0 spiro atoms. The maximum Gasteiger partial charge on any atom is 0.317 e. The highest BCUT2D eigenvalue weighted by atomic mass is 19.1. The highest BCUT2D eigenvalue weighted by Gasteiger charge is 2.51. The number of quaternary nitrogens is 1. The van der Waals surface area contributed by atoms with Gasteiger partial charge in [0.25, 0.3) is 5.89 Å². The van der Waals surface area contributed by atoms with Crippen LogP contribution in [0.5, 0.6) is 0 Å². The Morgan fingerprint density at radius 2 is 1.70 bits per heavy atom. The molecule has 1 saturated carbocycles. The largest absolute Gasteiger partial charge is 0.455 e. The minimum Gasteiger partial charge on any atom is -0.455 e. The van der Waals surface area contributed by atoms with Gasteiger partial charge in [-0.2, -0.15) is 4.98 Å². The van der Waals surface area contributed by atoms with Gasteiger partial charge >= 0.3 is 5.97 Å². The summed E-state index contributed by atoms with van der Waals surface area (Å²) in [4.78, 5) is 18.6. The molecule has 0 amide bonds. The Morgan fingerprint density at radius 1 is 1.00 bits per heavy atom. The van der Waals surface area contributed by atoms with Crippen molar-refractivity contribution >= 4 is 5.97 Å². The number of nitrogens with zero attached hydrogens (tertiary/aromatic N) is 3. The molecule has 1 atom stereocenters. The van der Waals surface area contributed by atoms with E-state index in [-0.39, 0.29) is 17.9 Å². The van der Waals surface area contributed by atoms with Crippen LogP contribution in [0, 0.1) is 11.7 Å². The number of rotatable bonds is 6. The first-order valence-electron chi connectivity index (χ1n) is 13.8. The van der Waals surface area contributed by atoms with Crippen LogP contribution in [0.1, 0.15) is 62.8 Å². The molecule has 1 unspecified atom stereocenters. The van der Waals surface area contributed by atoms with Gasteiger partial charge in [0.05, 0.1) is 18.5 Å². The number of esters is 1. The van der Waals surface area contributed by atoms with Gasteiger partial charge < -0.3 is 13.7 Å². The predicted octanol–water partition coefficient (Wildman–Crippen LogP) is 5.82. The summed E-state index contributed by atoms with van der Waals surface area (Å²) in [5.41, 5.74) is 1.30. The Hall–Kier alpha value is -3.06. The summed E-state index contributed by atoms with van der Waals surface area (Å²) < 4.78 is 26.2. The molecule has 0 N–H and O–H groups in total. The van der Waals surface area contributed by atoms with Gasteiger partial charge in [0, 0.05) is 24.3 Å². The number of hydrogen-bond donors (Lipinski definition) is 0. The van der Waals surface area contributed by atoms with Crippen molar-refractivity contribution in [2.75, 3.05) is 19.6 Å². The summed E-state index contributed by atoms with van der Waals surface area (Å²) in [5.74, 6) is 1.14. The SMILES string of the molecule is O=C(OC1C[N+]2(Cc3nc(-c4ccc(F)cc4)no3)CCC1CC2)C1(c2ccccc2)CCCCCC1. The van der Waals surface area contributed by atoms with Crippen molar-refractivity contribution in [3.05, 3.63) is 71.9 Å². The number of hydrogen-bond acceptors (Lipinski definition) is 5. The fourth-order valence-corrected chi connectivity index (χ4v) is 6.85. The van der Waals surface area contributed by atoms with E-state index in [1.54, 1.807) is 12.1 Å². The van der Waals surface area contributed by atoms with Crippen LogP contribution in [0.3, 0.4) is 0 Å². The molecule has 2 bridgehead atoms. The quantitative estimate of drug-likeness (QED) is 0.240. The molecule has 37 heavy (non-hydrogen) atoms. The van der Waals surface area contributed by atoms with Crippen LogP contribution in [0.2, 0.25) is 0 Å². The van der Waals surface area contributed by atoms with Crippen LogP contribution in [0.4, 0.5) is 4.39 Å². The lowest BCUT2D eigenvalue weighted by atomic mass is 9.74. The number of aromatic nitrogens is 2. The molecule has 6 nitrogen and oxygen atoms in total. The van der Waals surface area contributed by atoms with Gasteiger partial charge in [-0.1, -0.05) is 61.2 Å². The molecule has 194 valence electrons. The lowest BCUT2D eigenvalue weighted by molar-refractivity contribution is -0.959. The molecule has 4 heterocycles. The first-order valence-corrected chi connectivity index (χ1v) is 13.8.